The summed E-state index contributed by atoms with van der Waals surface area (Å²) in [6, 6.07) is -0.435. The van der Waals surface area contributed by atoms with E-state index in [4.69, 9.17) is 0 Å². The maximum atomic E-state index is 11.8. The Labute approximate surface area is 123 Å². The fourth-order valence-electron chi connectivity index (χ4n) is 2.28. The number of amides is 2. The number of rotatable bonds is 5. The normalized spacial score (nSPS) is 18.3. The number of hydrogen-bond donors (Lipinski definition) is 3. The fourth-order valence-corrected chi connectivity index (χ4v) is 2.28. The molecule has 0 bridgehead atoms. The lowest BCUT2D eigenvalue weighted by Crippen LogP contribution is -2.47. The first-order valence-electron chi connectivity index (χ1n) is 7.20. The van der Waals surface area contributed by atoms with Crippen LogP contribution in [0.3, 0.4) is 0 Å². The molecule has 3 N–H and O–H groups in total. The van der Waals surface area contributed by atoms with Crippen molar-refractivity contribution in [3.63, 3.8) is 0 Å². The minimum atomic E-state index is -0.435. The molecule has 1 unspecified atom stereocenters. The third kappa shape index (κ3) is 3.48. The van der Waals surface area contributed by atoms with E-state index in [1.807, 2.05) is 6.92 Å². The molecule has 1 fully saturated rings. The molecular formula is C14H21N5O2. The van der Waals surface area contributed by atoms with Gasteiger partial charge in [0.05, 0.1) is 0 Å². The molecule has 7 heteroatoms. The Morgan fingerprint density at radius 2 is 2.00 bits per heavy atom. The number of imide groups is 1. The van der Waals surface area contributed by atoms with E-state index in [-0.39, 0.29) is 11.8 Å². The maximum absolute atomic E-state index is 11.8. The molecule has 2 rings (SSSR count). The van der Waals surface area contributed by atoms with Crippen LogP contribution < -0.4 is 16.0 Å². The van der Waals surface area contributed by atoms with Crippen molar-refractivity contribution in [1.29, 1.82) is 0 Å². The topological polar surface area (TPSA) is 96.0 Å². The summed E-state index contributed by atoms with van der Waals surface area (Å²) in [5, 5.41) is 8.52. The maximum Gasteiger partial charge on any atom is 0.249 e. The number of anilines is 2. The summed E-state index contributed by atoms with van der Waals surface area (Å²) < 4.78 is 0. The molecule has 1 aliphatic rings. The predicted molar refractivity (Wildman–Crippen MR) is 80.1 cm³/mol. The van der Waals surface area contributed by atoms with Gasteiger partial charge >= 0.3 is 0 Å². The molecule has 1 saturated heterocycles. The van der Waals surface area contributed by atoms with Gasteiger partial charge in [0.15, 0.2) is 0 Å². The molecule has 114 valence electrons. The molecule has 0 saturated carbocycles. The summed E-state index contributed by atoms with van der Waals surface area (Å²) in [5.74, 6) is 1.62. The Morgan fingerprint density at radius 3 is 2.62 bits per heavy atom. The number of nitrogens with zero attached hydrogens (tertiary/aromatic N) is 2. The van der Waals surface area contributed by atoms with E-state index >= 15 is 0 Å². The van der Waals surface area contributed by atoms with Gasteiger partial charge in [-0.2, -0.15) is 0 Å². The summed E-state index contributed by atoms with van der Waals surface area (Å²) in [7, 11) is 1.81. The molecule has 0 aliphatic carbocycles. The number of nitrogens with one attached hydrogen (secondary N) is 3. The van der Waals surface area contributed by atoms with Crippen molar-refractivity contribution in [1.82, 2.24) is 15.3 Å². The average molecular weight is 291 g/mol. The van der Waals surface area contributed by atoms with Gasteiger partial charge in [-0.3, -0.25) is 14.9 Å². The third-order valence-electron chi connectivity index (χ3n) is 3.45. The number of aromatic nitrogens is 2. The monoisotopic (exact) mass is 291 g/mol. The number of aryl methyl sites for hydroxylation is 1. The van der Waals surface area contributed by atoms with Gasteiger partial charge < -0.3 is 10.6 Å². The number of carbonyl (C=O) groups excluding carboxylic acids is 2. The van der Waals surface area contributed by atoms with Crippen LogP contribution in [0.4, 0.5) is 11.6 Å². The van der Waals surface area contributed by atoms with Crippen molar-refractivity contribution < 1.29 is 9.59 Å². The molecule has 7 nitrogen and oxygen atoms in total. The molecule has 21 heavy (non-hydrogen) atoms. The van der Waals surface area contributed by atoms with Gasteiger partial charge in [0.25, 0.3) is 0 Å². The summed E-state index contributed by atoms with van der Waals surface area (Å²) in [6.07, 6.45) is 2.55. The van der Waals surface area contributed by atoms with Gasteiger partial charge in [0.2, 0.25) is 11.8 Å². The molecule has 2 amide bonds. The van der Waals surface area contributed by atoms with Gasteiger partial charge in [-0.05, 0) is 19.8 Å². The van der Waals surface area contributed by atoms with Gasteiger partial charge in [-0.1, -0.05) is 6.92 Å². The van der Waals surface area contributed by atoms with E-state index in [1.165, 1.54) is 0 Å². The van der Waals surface area contributed by atoms with Crippen LogP contribution >= 0.6 is 0 Å². The summed E-state index contributed by atoms with van der Waals surface area (Å²) in [5.41, 5.74) is 0.863. The van der Waals surface area contributed by atoms with E-state index in [2.05, 4.69) is 32.8 Å². The Morgan fingerprint density at radius 1 is 1.29 bits per heavy atom. The average Bonchev–Trinajstić information content (AvgIpc) is 2.45. The van der Waals surface area contributed by atoms with Crippen LogP contribution in [0.1, 0.15) is 37.6 Å². The predicted octanol–water partition coefficient (Wildman–Crippen LogP) is 0.996. The summed E-state index contributed by atoms with van der Waals surface area (Å²) in [6.45, 7) is 3.96. The number of carbonyl (C=O) groups is 2. The highest BCUT2D eigenvalue weighted by atomic mass is 16.2. The lowest BCUT2D eigenvalue weighted by molar-refractivity contribution is -0.133. The van der Waals surface area contributed by atoms with Crippen LogP contribution in [0.2, 0.25) is 0 Å². The van der Waals surface area contributed by atoms with Crippen molar-refractivity contribution in [3.05, 3.63) is 11.4 Å². The highest BCUT2D eigenvalue weighted by molar-refractivity contribution is 6.01. The Hall–Kier alpha value is -2.18. The van der Waals surface area contributed by atoms with Gasteiger partial charge in [0, 0.05) is 25.5 Å². The quantitative estimate of drug-likeness (QED) is 0.700. The first kappa shape index (κ1) is 15.2. The molecule has 0 spiro atoms. The summed E-state index contributed by atoms with van der Waals surface area (Å²) in [4.78, 5) is 32.0. The third-order valence-corrected chi connectivity index (χ3v) is 3.45. The molecule has 1 aromatic rings. The van der Waals surface area contributed by atoms with Gasteiger partial charge in [-0.25, -0.2) is 9.97 Å². The molecule has 1 aromatic heterocycles. The van der Waals surface area contributed by atoms with E-state index < -0.39 is 6.04 Å². The minimum Gasteiger partial charge on any atom is -0.373 e. The second kappa shape index (κ2) is 6.51. The minimum absolute atomic E-state index is 0.222. The standard InChI is InChI=1S/C14H21N5O2/c1-4-5-10-17-12(15-3)8(2)13(18-10)16-9-6-7-11(20)19-14(9)21/h9H,4-7H2,1-3H3,(H,19,20,21)(H2,15,16,17,18). The van der Waals surface area contributed by atoms with Crippen LogP contribution in [-0.4, -0.2) is 34.9 Å². The van der Waals surface area contributed by atoms with E-state index in [0.717, 1.165) is 30.0 Å². The van der Waals surface area contributed by atoms with Crippen LogP contribution in [0.25, 0.3) is 0 Å². The number of piperidine rings is 1. The fraction of sp³-hybridized carbons (Fsp3) is 0.571. The Balaban J connectivity index is 2.24. The van der Waals surface area contributed by atoms with Crippen LogP contribution in [0, 0.1) is 6.92 Å². The van der Waals surface area contributed by atoms with Crippen molar-refractivity contribution in [2.45, 2.75) is 45.6 Å². The molecule has 1 atom stereocenters. The van der Waals surface area contributed by atoms with Crippen molar-refractivity contribution >= 4 is 23.5 Å². The Bertz CT molecular complexity index is 559. The van der Waals surface area contributed by atoms with Crippen LogP contribution in [-0.2, 0) is 16.0 Å². The second-order valence-electron chi connectivity index (χ2n) is 5.11. The van der Waals surface area contributed by atoms with E-state index in [1.54, 1.807) is 7.05 Å². The summed E-state index contributed by atoms with van der Waals surface area (Å²) >= 11 is 0. The smallest absolute Gasteiger partial charge is 0.249 e. The first-order valence-corrected chi connectivity index (χ1v) is 7.20. The molecule has 0 aromatic carbocycles. The largest absolute Gasteiger partial charge is 0.373 e. The van der Waals surface area contributed by atoms with Gasteiger partial charge in [-0.15, -0.1) is 0 Å². The second-order valence-corrected chi connectivity index (χ2v) is 5.11. The van der Waals surface area contributed by atoms with E-state index in [9.17, 15) is 9.59 Å². The van der Waals surface area contributed by atoms with E-state index in [0.29, 0.717) is 18.7 Å². The number of hydrogen-bond acceptors (Lipinski definition) is 6. The lowest BCUT2D eigenvalue weighted by Gasteiger charge is -2.23. The lowest BCUT2D eigenvalue weighted by atomic mass is 10.1. The SMILES string of the molecule is CCCc1nc(NC)c(C)c(NC2CCC(=O)NC2=O)n1. The highest BCUT2D eigenvalue weighted by Crippen LogP contribution is 2.22. The van der Waals surface area contributed by atoms with Gasteiger partial charge in [0.1, 0.15) is 23.5 Å². The molecule has 1 aliphatic heterocycles. The van der Waals surface area contributed by atoms with Crippen LogP contribution in [0.5, 0.6) is 0 Å². The first-order chi connectivity index (χ1) is 10.0. The van der Waals surface area contributed by atoms with Crippen molar-refractivity contribution in [2.24, 2.45) is 0 Å². The highest BCUT2D eigenvalue weighted by Gasteiger charge is 2.27. The molecular weight excluding hydrogens is 270 g/mol. The molecule has 2 heterocycles. The van der Waals surface area contributed by atoms with Crippen LogP contribution in [0.15, 0.2) is 0 Å². The zero-order valence-electron chi connectivity index (χ0n) is 12.6. The van der Waals surface area contributed by atoms with Crippen molar-refractivity contribution in [3.8, 4) is 0 Å². The molecule has 0 radical (unpaired) electrons. The zero-order valence-corrected chi connectivity index (χ0v) is 12.6. The zero-order chi connectivity index (χ0) is 15.4. The Kier molecular flexibility index (Phi) is 4.72. The van der Waals surface area contributed by atoms with Crippen molar-refractivity contribution in [2.75, 3.05) is 17.7 Å².